The van der Waals surface area contributed by atoms with E-state index in [1.54, 1.807) is 18.3 Å². The summed E-state index contributed by atoms with van der Waals surface area (Å²) in [7, 11) is 0. The summed E-state index contributed by atoms with van der Waals surface area (Å²) in [5.41, 5.74) is 0.813. The molecular weight excluding hydrogens is 257 g/mol. The number of anilines is 1. The molecule has 1 N–H and O–H groups in total. The number of rotatable bonds is 2. The van der Waals surface area contributed by atoms with E-state index in [4.69, 9.17) is 0 Å². The highest BCUT2D eigenvalue weighted by Crippen LogP contribution is 2.33. The Kier molecular flexibility index (Phi) is 3.14. The number of aromatic nitrogens is 2. The van der Waals surface area contributed by atoms with Crippen LogP contribution in [-0.2, 0) is 5.60 Å². The van der Waals surface area contributed by atoms with Crippen molar-refractivity contribution in [2.45, 2.75) is 18.9 Å². The summed E-state index contributed by atoms with van der Waals surface area (Å²) in [6, 6.07) is 7.98. The van der Waals surface area contributed by atoms with Gasteiger partial charge in [-0.2, -0.15) is 5.10 Å². The zero-order chi connectivity index (χ0) is 14.2. The van der Waals surface area contributed by atoms with Gasteiger partial charge in [0.05, 0.1) is 12.7 Å². The summed E-state index contributed by atoms with van der Waals surface area (Å²) in [6.07, 6.45) is 2.29. The summed E-state index contributed by atoms with van der Waals surface area (Å²) in [4.78, 5) is 2.00. The molecule has 1 aliphatic rings. The third-order valence-electron chi connectivity index (χ3n) is 3.73. The Bertz CT molecular complexity index is 617. The average molecular weight is 273 g/mol. The molecule has 2 heterocycles. The number of β-amino-alcohol motifs (C(OH)–C–C–N with tert-alkyl or cyclic N) is 1. The Hall–Kier alpha value is -2.01. The van der Waals surface area contributed by atoms with E-state index >= 15 is 0 Å². The van der Waals surface area contributed by atoms with E-state index in [0.29, 0.717) is 19.5 Å². The van der Waals surface area contributed by atoms with Crippen molar-refractivity contribution in [3.8, 4) is 0 Å². The number of nitrogens with zero attached hydrogens (tertiary/aromatic N) is 3. The smallest absolute Gasteiger partial charge is 0.151 e. The van der Waals surface area contributed by atoms with E-state index in [0.717, 1.165) is 16.9 Å². The molecule has 0 saturated carbocycles. The van der Waals surface area contributed by atoms with Gasteiger partial charge in [0.1, 0.15) is 11.4 Å². The number of hydrogen-bond donors (Lipinski definition) is 1. The van der Waals surface area contributed by atoms with E-state index in [9.17, 15) is 9.50 Å². The van der Waals surface area contributed by atoms with Crippen molar-refractivity contribution >= 4 is 5.82 Å². The van der Waals surface area contributed by atoms with E-state index in [2.05, 4.69) is 10.2 Å². The molecule has 1 fully saturated rings. The molecule has 1 unspecified atom stereocenters. The van der Waals surface area contributed by atoms with Crippen LogP contribution in [0.1, 0.15) is 17.5 Å². The fourth-order valence-corrected chi connectivity index (χ4v) is 2.59. The Morgan fingerprint density at radius 3 is 2.75 bits per heavy atom. The van der Waals surface area contributed by atoms with Crippen LogP contribution in [0.3, 0.4) is 0 Å². The first-order chi connectivity index (χ1) is 9.57. The summed E-state index contributed by atoms with van der Waals surface area (Å²) in [6.45, 7) is 3.10. The fraction of sp³-hybridized carbons (Fsp3) is 0.333. The maximum atomic E-state index is 13.0. The summed E-state index contributed by atoms with van der Waals surface area (Å²) < 4.78 is 13.0. The lowest BCUT2D eigenvalue weighted by molar-refractivity contribution is 0.0605. The van der Waals surface area contributed by atoms with Crippen molar-refractivity contribution in [2.24, 2.45) is 0 Å². The van der Waals surface area contributed by atoms with Crippen molar-refractivity contribution in [3.63, 3.8) is 0 Å². The minimum Gasteiger partial charge on any atom is -0.383 e. The second-order valence-corrected chi connectivity index (χ2v) is 5.30. The quantitative estimate of drug-likeness (QED) is 0.909. The minimum atomic E-state index is -0.959. The van der Waals surface area contributed by atoms with Crippen molar-refractivity contribution in [1.29, 1.82) is 0 Å². The van der Waals surface area contributed by atoms with Gasteiger partial charge < -0.3 is 10.0 Å². The van der Waals surface area contributed by atoms with Gasteiger partial charge in [0.15, 0.2) is 5.82 Å². The predicted octanol–water partition coefficient (Wildman–Crippen LogP) is 2.02. The highest BCUT2D eigenvalue weighted by Gasteiger charge is 2.38. The molecule has 1 saturated heterocycles. The van der Waals surface area contributed by atoms with Crippen LogP contribution in [0.5, 0.6) is 0 Å². The minimum absolute atomic E-state index is 0.295. The lowest BCUT2D eigenvalue weighted by atomic mass is 9.93. The second kappa shape index (κ2) is 4.83. The van der Waals surface area contributed by atoms with Crippen LogP contribution < -0.4 is 4.90 Å². The first kappa shape index (κ1) is 13.0. The Morgan fingerprint density at radius 1 is 1.30 bits per heavy atom. The number of halogens is 1. The topological polar surface area (TPSA) is 49.2 Å². The van der Waals surface area contributed by atoms with Gasteiger partial charge in [0, 0.05) is 6.54 Å². The van der Waals surface area contributed by atoms with Crippen LogP contribution in [0.4, 0.5) is 10.2 Å². The molecule has 0 bridgehead atoms. The van der Waals surface area contributed by atoms with Gasteiger partial charge in [-0.1, -0.05) is 12.1 Å². The SMILES string of the molecule is Cc1cnnc(N2CCC(O)(c3ccc(F)cc3)C2)c1. The van der Waals surface area contributed by atoms with Crippen LogP contribution in [0.15, 0.2) is 36.5 Å². The maximum absolute atomic E-state index is 13.0. The highest BCUT2D eigenvalue weighted by molar-refractivity contribution is 5.43. The van der Waals surface area contributed by atoms with Crippen molar-refractivity contribution in [1.82, 2.24) is 10.2 Å². The van der Waals surface area contributed by atoms with E-state index < -0.39 is 5.60 Å². The van der Waals surface area contributed by atoms with Crippen LogP contribution in [0.2, 0.25) is 0 Å². The first-order valence-electron chi connectivity index (χ1n) is 6.59. The first-order valence-corrected chi connectivity index (χ1v) is 6.59. The molecule has 4 nitrogen and oxygen atoms in total. The molecule has 1 atom stereocenters. The Labute approximate surface area is 116 Å². The van der Waals surface area contributed by atoms with Gasteiger partial charge >= 0.3 is 0 Å². The maximum Gasteiger partial charge on any atom is 0.151 e. The summed E-state index contributed by atoms with van der Waals surface area (Å²) >= 11 is 0. The van der Waals surface area contributed by atoms with Gasteiger partial charge in [-0.15, -0.1) is 5.10 Å². The normalized spacial score (nSPS) is 22.2. The largest absolute Gasteiger partial charge is 0.383 e. The molecule has 0 aliphatic carbocycles. The molecule has 0 spiro atoms. The predicted molar refractivity (Wildman–Crippen MR) is 73.9 cm³/mol. The summed E-state index contributed by atoms with van der Waals surface area (Å²) in [5, 5.41) is 18.8. The van der Waals surface area contributed by atoms with Crippen LogP contribution in [0.25, 0.3) is 0 Å². The number of hydrogen-bond acceptors (Lipinski definition) is 4. The second-order valence-electron chi connectivity index (χ2n) is 5.30. The average Bonchev–Trinajstić information content (AvgIpc) is 2.83. The Balaban J connectivity index is 1.83. The molecule has 1 aliphatic heterocycles. The molecule has 20 heavy (non-hydrogen) atoms. The standard InChI is InChI=1S/C15H16FN3O/c1-11-8-14(18-17-9-11)19-7-6-15(20,10-19)12-2-4-13(16)5-3-12/h2-5,8-9,20H,6-7,10H2,1H3. The summed E-state index contributed by atoms with van der Waals surface area (Å²) in [5.74, 6) is 0.472. The lowest BCUT2D eigenvalue weighted by Gasteiger charge is -2.24. The molecular formula is C15H16FN3O. The van der Waals surface area contributed by atoms with Gasteiger partial charge in [-0.05, 0) is 42.7 Å². The zero-order valence-corrected chi connectivity index (χ0v) is 11.3. The zero-order valence-electron chi connectivity index (χ0n) is 11.3. The van der Waals surface area contributed by atoms with E-state index in [1.807, 2.05) is 17.9 Å². The molecule has 0 radical (unpaired) electrons. The monoisotopic (exact) mass is 273 g/mol. The molecule has 1 aromatic carbocycles. The van der Waals surface area contributed by atoms with Crippen LogP contribution in [-0.4, -0.2) is 28.4 Å². The van der Waals surface area contributed by atoms with Crippen molar-refractivity contribution in [2.75, 3.05) is 18.0 Å². The number of benzene rings is 1. The number of aryl methyl sites for hydroxylation is 1. The van der Waals surface area contributed by atoms with E-state index in [1.165, 1.54) is 12.1 Å². The van der Waals surface area contributed by atoms with Gasteiger partial charge in [-0.3, -0.25) is 0 Å². The molecule has 5 heteroatoms. The highest BCUT2D eigenvalue weighted by atomic mass is 19.1. The third-order valence-corrected chi connectivity index (χ3v) is 3.73. The molecule has 0 amide bonds. The molecule has 3 rings (SSSR count). The molecule has 1 aromatic heterocycles. The van der Waals surface area contributed by atoms with Crippen LogP contribution >= 0.6 is 0 Å². The number of aliphatic hydroxyl groups is 1. The van der Waals surface area contributed by atoms with Crippen molar-refractivity contribution < 1.29 is 9.50 Å². The van der Waals surface area contributed by atoms with Gasteiger partial charge in [0.2, 0.25) is 0 Å². The van der Waals surface area contributed by atoms with Crippen LogP contribution in [0, 0.1) is 12.7 Å². The lowest BCUT2D eigenvalue weighted by Crippen LogP contribution is -2.31. The molecule has 104 valence electrons. The fourth-order valence-electron chi connectivity index (χ4n) is 2.59. The third kappa shape index (κ3) is 2.36. The van der Waals surface area contributed by atoms with Crippen molar-refractivity contribution in [3.05, 3.63) is 53.5 Å². The Morgan fingerprint density at radius 2 is 2.05 bits per heavy atom. The van der Waals surface area contributed by atoms with E-state index in [-0.39, 0.29) is 5.82 Å². The van der Waals surface area contributed by atoms with Gasteiger partial charge in [-0.25, -0.2) is 4.39 Å². The van der Waals surface area contributed by atoms with Gasteiger partial charge in [0.25, 0.3) is 0 Å². The molecule has 2 aromatic rings.